The minimum absolute atomic E-state index is 0.0895. The fourth-order valence-corrected chi connectivity index (χ4v) is 3.26. The molecule has 0 saturated carbocycles. The average molecular weight is 328 g/mol. The fourth-order valence-electron chi connectivity index (χ4n) is 3.26. The van der Waals surface area contributed by atoms with Crippen LogP contribution in [0.3, 0.4) is 0 Å². The highest BCUT2D eigenvalue weighted by Gasteiger charge is 2.25. The van der Waals surface area contributed by atoms with Crippen molar-refractivity contribution in [3.63, 3.8) is 0 Å². The van der Waals surface area contributed by atoms with Crippen LogP contribution in [0.5, 0.6) is 5.75 Å². The Kier molecular flexibility index (Phi) is 5.20. The zero-order chi connectivity index (χ0) is 16.9. The standard InChI is InChI=1S/C19H24N2O3/c1-14-17(8-11-24-14)19(22)20-13-18(21-9-3-4-10-21)15-6-5-7-16(12-15)23-2/h5-8,11-12,18H,3-4,9-10,13H2,1-2H3,(H,20,22). The molecular formula is C19H24N2O3. The molecule has 1 aliphatic heterocycles. The van der Waals surface area contributed by atoms with Gasteiger partial charge in [-0.05, 0) is 56.6 Å². The summed E-state index contributed by atoms with van der Waals surface area (Å²) in [5, 5.41) is 3.06. The highest BCUT2D eigenvalue weighted by molar-refractivity contribution is 5.95. The molecule has 5 heteroatoms. The smallest absolute Gasteiger partial charge is 0.254 e. The summed E-state index contributed by atoms with van der Waals surface area (Å²) in [4.78, 5) is 14.8. The molecule has 1 unspecified atom stereocenters. The van der Waals surface area contributed by atoms with E-state index in [1.165, 1.54) is 18.4 Å². The summed E-state index contributed by atoms with van der Waals surface area (Å²) < 4.78 is 10.6. The third-order valence-electron chi connectivity index (χ3n) is 4.62. The van der Waals surface area contributed by atoms with Crippen molar-refractivity contribution >= 4 is 5.91 Å². The van der Waals surface area contributed by atoms with Gasteiger partial charge in [0.15, 0.2) is 0 Å². The molecule has 0 spiro atoms. The van der Waals surface area contributed by atoms with Crippen molar-refractivity contribution < 1.29 is 13.9 Å². The van der Waals surface area contributed by atoms with Crippen molar-refractivity contribution in [2.45, 2.75) is 25.8 Å². The van der Waals surface area contributed by atoms with Gasteiger partial charge < -0.3 is 14.5 Å². The number of benzene rings is 1. The van der Waals surface area contributed by atoms with E-state index in [0.717, 1.165) is 18.8 Å². The molecule has 24 heavy (non-hydrogen) atoms. The zero-order valence-corrected chi connectivity index (χ0v) is 14.2. The van der Waals surface area contributed by atoms with Gasteiger partial charge in [0.2, 0.25) is 0 Å². The van der Waals surface area contributed by atoms with Crippen LogP contribution < -0.4 is 10.1 Å². The Morgan fingerprint density at radius 3 is 2.79 bits per heavy atom. The molecular weight excluding hydrogens is 304 g/mol. The molecule has 3 rings (SSSR count). The molecule has 1 atom stereocenters. The van der Waals surface area contributed by atoms with Crippen molar-refractivity contribution in [3.05, 3.63) is 53.5 Å². The lowest BCUT2D eigenvalue weighted by molar-refractivity contribution is 0.0936. The van der Waals surface area contributed by atoms with Crippen LogP contribution in [0.4, 0.5) is 0 Å². The van der Waals surface area contributed by atoms with Crippen LogP contribution in [0.1, 0.15) is 40.6 Å². The second-order valence-electron chi connectivity index (χ2n) is 6.14. The summed E-state index contributed by atoms with van der Waals surface area (Å²) in [5.41, 5.74) is 1.77. The maximum atomic E-state index is 12.4. The molecule has 1 N–H and O–H groups in total. The van der Waals surface area contributed by atoms with Crippen LogP contribution in [0.25, 0.3) is 0 Å². The van der Waals surface area contributed by atoms with Gasteiger partial charge in [-0.25, -0.2) is 0 Å². The number of hydrogen-bond acceptors (Lipinski definition) is 4. The first-order valence-corrected chi connectivity index (χ1v) is 8.39. The summed E-state index contributed by atoms with van der Waals surface area (Å²) in [5.74, 6) is 1.40. The summed E-state index contributed by atoms with van der Waals surface area (Å²) in [7, 11) is 1.67. The predicted octanol–water partition coefficient (Wildman–Crippen LogP) is 3.16. The number of carbonyl (C=O) groups is 1. The monoisotopic (exact) mass is 328 g/mol. The van der Waals surface area contributed by atoms with E-state index in [9.17, 15) is 4.79 Å². The van der Waals surface area contributed by atoms with Crippen molar-refractivity contribution in [2.24, 2.45) is 0 Å². The van der Waals surface area contributed by atoms with Gasteiger partial charge in [-0.2, -0.15) is 0 Å². The molecule has 2 heterocycles. The van der Waals surface area contributed by atoms with E-state index in [4.69, 9.17) is 9.15 Å². The van der Waals surface area contributed by atoms with Crippen LogP contribution in [0.15, 0.2) is 41.0 Å². The Hall–Kier alpha value is -2.27. The number of hydrogen-bond donors (Lipinski definition) is 1. The number of ether oxygens (including phenoxy) is 1. The van der Waals surface area contributed by atoms with Gasteiger partial charge in [-0.15, -0.1) is 0 Å². The Bertz CT molecular complexity index is 689. The fraction of sp³-hybridized carbons (Fsp3) is 0.421. The lowest BCUT2D eigenvalue weighted by atomic mass is 10.0. The van der Waals surface area contributed by atoms with Gasteiger partial charge in [0.1, 0.15) is 11.5 Å². The molecule has 0 bridgehead atoms. The number of aryl methyl sites for hydroxylation is 1. The lowest BCUT2D eigenvalue weighted by Gasteiger charge is -2.28. The second kappa shape index (κ2) is 7.53. The number of carbonyl (C=O) groups excluding carboxylic acids is 1. The first-order chi connectivity index (χ1) is 11.7. The van der Waals surface area contributed by atoms with Crippen LogP contribution in [-0.4, -0.2) is 37.6 Å². The molecule has 1 aromatic carbocycles. The number of likely N-dealkylation sites (tertiary alicyclic amines) is 1. The minimum atomic E-state index is -0.0895. The van der Waals surface area contributed by atoms with E-state index >= 15 is 0 Å². The average Bonchev–Trinajstić information content (AvgIpc) is 3.27. The largest absolute Gasteiger partial charge is 0.497 e. The molecule has 1 amide bonds. The van der Waals surface area contributed by atoms with Crippen LogP contribution in [0.2, 0.25) is 0 Å². The van der Waals surface area contributed by atoms with E-state index in [1.54, 1.807) is 26.4 Å². The SMILES string of the molecule is COc1cccc(C(CNC(=O)c2ccoc2C)N2CCCC2)c1. The molecule has 0 aliphatic carbocycles. The number of methoxy groups -OCH3 is 1. The van der Waals surface area contributed by atoms with Gasteiger partial charge in [-0.3, -0.25) is 9.69 Å². The van der Waals surface area contributed by atoms with Crippen LogP contribution in [-0.2, 0) is 0 Å². The van der Waals surface area contributed by atoms with E-state index in [-0.39, 0.29) is 11.9 Å². The van der Waals surface area contributed by atoms with E-state index in [1.807, 2.05) is 12.1 Å². The highest BCUT2D eigenvalue weighted by atomic mass is 16.5. The van der Waals surface area contributed by atoms with Crippen LogP contribution in [0, 0.1) is 6.92 Å². The first kappa shape index (κ1) is 16.6. The summed E-state index contributed by atoms with van der Waals surface area (Å²) >= 11 is 0. The van der Waals surface area contributed by atoms with Gasteiger partial charge in [0, 0.05) is 6.54 Å². The molecule has 1 fully saturated rings. The van der Waals surface area contributed by atoms with Gasteiger partial charge in [-0.1, -0.05) is 12.1 Å². The first-order valence-electron chi connectivity index (χ1n) is 8.39. The lowest BCUT2D eigenvalue weighted by Crippen LogP contribution is -2.36. The maximum absolute atomic E-state index is 12.4. The summed E-state index contributed by atoms with van der Waals surface area (Å²) in [6, 6.07) is 9.95. The minimum Gasteiger partial charge on any atom is -0.497 e. The van der Waals surface area contributed by atoms with Crippen molar-refractivity contribution in [3.8, 4) is 5.75 Å². The molecule has 1 saturated heterocycles. The Morgan fingerprint density at radius 2 is 2.12 bits per heavy atom. The quantitative estimate of drug-likeness (QED) is 0.885. The zero-order valence-electron chi connectivity index (χ0n) is 14.2. The molecule has 1 aromatic heterocycles. The summed E-state index contributed by atoms with van der Waals surface area (Å²) in [6.45, 7) is 4.48. The van der Waals surface area contributed by atoms with Crippen molar-refractivity contribution in [1.29, 1.82) is 0 Å². The Morgan fingerprint density at radius 1 is 1.33 bits per heavy atom. The van der Waals surface area contributed by atoms with Gasteiger partial charge in [0.05, 0.1) is 25.0 Å². The maximum Gasteiger partial charge on any atom is 0.254 e. The summed E-state index contributed by atoms with van der Waals surface area (Å²) in [6.07, 6.45) is 3.95. The third-order valence-corrected chi connectivity index (χ3v) is 4.62. The molecule has 128 valence electrons. The van der Waals surface area contributed by atoms with E-state index in [2.05, 4.69) is 22.3 Å². The molecule has 1 aliphatic rings. The number of nitrogens with one attached hydrogen (secondary N) is 1. The second-order valence-corrected chi connectivity index (χ2v) is 6.14. The van der Waals surface area contributed by atoms with Crippen molar-refractivity contribution in [1.82, 2.24) is 10.2 Å². The number of furan rings is 1. The predicted molar refractivity (Wildman–Crippen MR) is 92.3 cm³/mol. The Balaban J connectivity index is 1.75. The van der Waals surface area contributed by atoms with Gasteiger partial charge in [0.25, 0.3) is 5.91 Å². The van der Waals surface area contributed by atoms with Crippen molar-refractivity contribution in [2.75, 3.05) is 26.7 Å². The molecule has 2 aromatic rings. The normalized spacial score (nSPS) is 16.1. The van der Waals surface area contributed by atoms with Crippen LogP contribution >= 0.6 is 0 Å². The molecule has 0 radical (unpaired) electrons. The highest BCUT2D eigenvalue weighted by Crippen LogP contribution is 2.27. The number of amides is 1. The Labute approximate surface area is 142 Å². The van der Waals surface area contributed by atoms with Gasteiger partial charge >= 0.3 is 0 Å². The van der Waals surface area contributed by atoms with E-state index in [0.29, 0.717) is 17.9 Å². The number of rotatable bonds is 6. The third kappa shape index (κ3) is 3.62. The molecule has 5 nitrogen and oxygen atoms in total. The number of nitrogens with zero attached hydrogens (tertiary/aromatic N) is 1. The topological polar surface area (TPSA) is 54.7 Å². The van der Waals surface area contributed by atoms with E-state index < -0.39 is 0 Å².